The maximum Gasteiger partial charge on any atom is 0.227 e. The van der Waals surface area contributed by atoms with Crippen molar-refractivity contribution in [2.24, 2.45) is 16.6 Å². The van der Waals surface area contributed by atoms with Crippen molar-refractivity contribution >= 4 is 23.5 Å². The number of aliphatic imine (C=N–C) groups is 1. The number of hydrogen-bond acceptors (Lipinski definition) is 3. The molecule has 1 atom stereocenters. The van der Waals surface area contributed by atoms with Crippen LogP contribution >= 0.6 is 0 Å². The zero-order chi connectivity index (χ0) is 19.9. The van der Waals surface area contributed by atoms with E-state index < -0.39 is 0 Å². The first-order valence-corrected chi connectivity index (χ1v) is 10.3. The zero-order valence-corrected chi connectivity index (χ0v) is 16.7. The van der Waals surface area contributed by atoms with Crippen molar-refractivity contribution in [2.45, 2.75) is 45.6 Å². The van der Waals surface area contributed by atoms with Gasteiger partial charge in [0.05, 0.1) is 6.54 Å². The molecule has 2 aliphatic rings. The summed E-state index contributed by atoms with van der Waals surface area (Å²) in [5.74, 6) is 1.16. The highest BCUT2D eigenvalue weighted by Gasteiger charge is 2.24. The number of anilines is 1. The first-order valence-electron chi connectivity index (χ1n) is 10.3. The lowest BCUT2D eigenvalue weighted by Crippen LogP contribution is -2.47. The molecule has 1 aromatic carbocycles. The second-order valence-corrected chi connectivity index (χ2v) is 7.61. The van der Waals surface area contributed by atoms with E-state index in [1.165, 1.54) is 0 Å². The minimum Gasteiger partial charge on any atom is -0.370 e. The first kappa shape index (κ1) is 20.2. The van der Waals surface area contributed by atoms with Crippen LogP contribution in [0.25, 0.3) is 0 Å². The number of hydrogen-bond donors (Lipinski definition) is 2. The van der Waals surface area contributed by atoms with Crippen molar-refractivity contribution in [1.29, 1.82) is 0 Å². The van der Waals surface area contributed by atoms with Gasteiger partial charge in [-0.1, -0.05) is 12.1 Å². The van der Waals surface area contributed by atoms with Gasteiger partial charge in [0.1, 0.15) is 0 Å². The number of amides is 2. The van der Waals surface area contributed by atoms with Gasteiger partial charge in [0.25, 0.3) is 0 Å². The Balaban J connectivity index is 1.63. The predicted octanol–water partition coefficient (Wildman–Crippen LogP) is 1.87. The molecule has 152 valence electrons. The van der Waals surface area contributed by atoms with E-state index in [-0.39, 0.29) is 11.8 Å². The molecule has 3 rings (SSSR count). The highest BCUT2D eigenvalue weighted by Crippen LogP contribution is 2.22. The molecule has 1 aromatic rings. The molecule has 0 spiro atoms. The van der Waals surface area contributed by atoms with Crippen LogP contribution in [0.15, 0.2) is 29.3 Å². The van der Waals surface area contributed by atoms with E-state index in [1.807, 2.05) is 29.2 Å². The monoisotopic (exact) mass is 385 g/mol. The number of rotatable bonds is 6. The second kappa shape index (κ2) is 9.57. The number of nitrogens with two attached hydrogens (primary N) is 1. The second-order valence-electron chi connectivity index (χ2n) is 7.61. The van der Waals surface area contributed by atoms with E-state index in [2.05, 4.69) is 17.1 Å². The van der Waals surface area contributed by atoms with Gasteiger partial charge in [-0.25, -0.2) is 4.99 Å². The fourth-order valence-corrected chi connectivity index (χ4v) is 4.00. The van der Waals surface area contributed by atoms with E-state index in [4.69, 9.17) is 10.7 Å². The fourth-order valence-electron chi connectivity index (χ4n) is 4.00. The SMILES string of the molecule is CCNC(=NCc1ccc(N2CCCC2=O)cc1)N1CCCC(CC(N)=O)C1. The van der Waals surface area contributed by atoms with Gasteiger partial charge in [0.15, 0.2) is 5.96 Å². The highest BCUT2D eigenvalue weighted by molar-refractivity contribution is 5.95. The van der Waals surface area contributed by atoms with Crippen LogP contribution in [-0.4, -0.2) is 48.9 Å². The number of guanidine groups is 1. The van der Waals surface area contributed by atoms with E-state index >= 15 is 0 Å². The Labute approximate surface area is 167 Å². The molecule has 2 saturated heterocycles. The topological polar surface area (TPSA) is 91.0 Å². The molecular weight excluding hydrogens is 354 g/mol. The summed E-state index contributed by atoms with van der Waals surface area (Å²) in [6.45, 7) is 5.99. The minimum atomic E-state index is -0.231. The summed E-state index contributed by atoms with van der Waals surface area (Å²) in [5, 5.41) is 3.37. The molecular formula is C21H31N5O2. The van der Waals surface area contributed by atoms with Crippen LogP contribution in [0.4, 0.5) is 5.69 Å². The molecule has 3 N–H and O–H groups in total. The summed E-state index contributed by atoms with van der Waals surface area (Å²) in [5.41, 5.74) is 7.45. The summed E-state index contributed by atoms with van der Waals surface area (Å²) >= 11 is 0. The van der Waals surface area contributed by atoms with E-state index in [1.54, 1.807) is 0 Å². The van der Waals surface area contributed by atoms with Gasteiger partial charge in [-0.05, 0) is 49.8 Å². The third-order valence-corrected chi connectivity index (χ3v) is 5.38. The Morgan fingerprint density at radius 2 is 2.04 bits per heavy atom. The number of nitrogens with one attached hydrogen (secondary N) is 1. The Morgan fingerprint density at radius 1 is 1.25 bits per heavy atom. The minimum absolute atomic E-state index is 0.204. The van der Waals surface area contributed by atoms with Gasteiger partial charge in [-0.3, -0.25) is 9.59 Å². The molecule has 1 unspecified atom stereocenters. The van der Waals surface area contributed by atoms with E-state index in [9.17, 15) is 9.59 Å². The summed E-state index contributed by atoms with van der Waals surface area (Å²) in [6, 6.07) is 8.09. The maximum absolute atomic E-state index is 11.9. The van der Waals surface area contributed by atoms with Gasteiger partial charge >= 0.3 is 0 Å². The standard InChI is InChI=1S/C21H31N5O2/c1-2-23-21(25-11-3-5-17(15-25)13-19(22)27)24-14-16-7-9-18(10-8-16)26-12-4-6-20(26)28/h7-10,17H,2-6,11-15H2,1H3,(H2,22,27)(H,23,24). The largest absolute Gasteiger partial charge is 0.370 e. The summed E-state index contributed by atoms with van der Waals surface area (Å²) in [4.78, 5) is 32.0. The molecule has 2 amide bonds. The summed E-state index contributed by atoms with van der Waals surface area (Å²) in [6.07, 6.45) is 4.09. The summed E-state index contributed by atoms with van der Waals surface area (Å²) < 4.78 is 0. The summed E-state index contributed by atoms with van der Waals surface area (Å²) in [7, 11) is 0. The van der Waals surface area contributed by atoms with Gasteiger partial charge in [0, 0.05) is 44.7 Å². The van der Waals surface area contributed by atoms with E-state index in [0.29, 0.717) is 25.3 Å². The maximum atomic E-state index is 11.9. The van der Waals surface area contributed by atoms with Crippen molar-refractivity contribution in [2.75, 3.05) is 31.1 Å². The number of nitrogens with zero attached hydrogens (tertiary/aromatic N) is 3. The van der Waals surface area contributed by atoms with Crippen LogP contribution in [-0.2, 0) is 16.1 Å². The number of carbonyl (C=O) groups excluding carboxylic acids is 2. The fraction of sp³-hybridized carbons (Fsp3) is 0.571. The number of likely N-dealkylation sites (tertiary alicyclic amines) is 1. The first-order chi connectivity index (χ1) is 13.6. The lowest BCUT2D eigenvalue weighted by Gasteiger charge is -2.34. The van der Waals surface area contributed by atoms with Gasteiger partial charge < -0.3 is 20.9 Å². The van der Waals surface area contributed by atoms with Gasteiger partial charge in [0.2, 0.25) is 11.8 Å². The Hall–Kier alpha value is -2.57. The molecule has 0 aliphatic carbocycles. The van der Waals surface area contributed by atoms with Crippen LogP contribution in [0.1, 0.15) is 44.6 Å². The number of carbonyl (C=O) groups is 2. The van der Waals surface area contributed by atoms with Gasteiger partial charge in [-0.15, -0.1) is 0 Å². The molecule has 2 heterocycles. The lowest BCUT2D eigenvalue weighted by molar-refractivity contribution is -0.119. The Morgan fingerprint density at radius 3 is 2.68 bits per heavy atom. The van der Waals surface area contributed by atoms with Crippen LogP contribution < -0.4 is 16.0 Å². The molecule has 0 bridgehead atoms. The van der Waals surface area contributed by atoms with Crippen molar-refractivity contribution in [3.05, 3.63) is 29.8 Å². The molecule has 28 heavy (non-hydrogen) atoms. The van der Waals surface area contributed by atoms with Crippen LogP contribution in [0, 0.1) is 5.92 Å². The van der Waals surface area contributed by atoms with Gasteiger partial charge in [-0.2, -0.15) is 0 Å². The van der Waals surface area contributed by atoms with Crippen molar-refractivity contribution in [3.63, 3.8) is 0 Å². The number of benzene rings is 1. The van der Waals surface area contributed by atoms with Crippen molar-refractivity contribution in [3.8, 4) is 0 Å². The van der Waals surface area contributed by atoms with Crippen molar-refractivity contribution < 1.29 is 9.59 Å². The van der Waals surface area contributed by atoms with E-state index in [0.717, 1.165) is 62.7 Å². The van der Waals surface area contributed by atoms with Crippen LogP contribution in [0.5, 0.6) is 0 Å². The average Bonchev–Trinajstić information content (AvgIpc) is 3.11. The number of piperidine rings is 1. The molecule has 0 saturated carbocycles. The van der Waals surface area contributed by atoms with Crippen LogP contribution in [0.2, 0.25) is 0 Å². The normalized spacial score (nSPS) is 20.5. The quantitative estimate of drug-likeness (QED) is 0.578. The highest BCUT2D eigenvalue weighted by atomic mass is 16.2. The molecule has 7 nitrogen and oxygen atoms in total. The smallest absolute Gasteiger partial charge is 0.227 e. The molecule has 0 radical (unpaired) electrons. The Kier molecular flexibility index (Phi) is 6.90. The molecule has 2 fully saturated rings. The number of primary amides is 1. The average molecular weight is 386 g/mol. The molecule has 2 aliphatic heterocycles. The van der Waals surface area contributed by atoms with Crippen LogP contribution in [0.3, 0.4) is 0 Å². The third-order valence-electron chi connectivity index (χ3n) is 5.38. The zero-order valence-electron chi connectivity index (χ0n) is 16.7. The third kappa shape index (κ3) is 5.24. The lowest BCUT2D eigenvalue weighted by atomic mass is 9.95. The van der Waals surface area contributed by atoms with Crippen molar-refractivity contribution in [1.82, 2.24) is 10.2 Å². The predicted molar refractivity (Wildman–Crippen MR) is 111 cm³/mol. The Bertz CT molecular complexity index is 716. The molecule has 7 heteroatoms. The molecule has 0 aromatic heterocycles.